The Bertz CT molecular complexity index is 284. The lowest BCUT2D eigenvalue weighted by molar-refractivity contribution is -0.138. The maximum absolute atomic E-state index is 11.4. The van der Waals surface area contributed by atoms with Gasteiger partial charge in [0.25, 0.3) is 0 Å². The first-order valence-corrected chi connectivity index (χ1v) is 9.30. The highest BCUT2D eigenvalue weighted by atomic mass is 32.2. The molecule has 0 saturated heterocycles. The molecule has 2 N–H and O–H groups in total. The number of unbranched alkanes of at least 4 members (excludes halogenated alkanes) is 2. The Hall–Kier alpha value is -0.360. The van der Waals surface area contributed by atoms with Crippen molar-refractivity contribution in [2.75, 3.05) is 11.5 Å². The highest BCUT2D eigenvalue weighted by Gasteiger charge is 2.29. The summed E-state index contributed by atoms with van der Waals surface area (Å²) in [5.74, 6) is 0.0591. The zero-order valence-corrected chi connectivity index (χ0v) is 14.0. The Morgan fingerprint density at radius 3 is 2.00 bits per heavy atom. The van der Waals surface area contributed by atoms with Crippen LogP contribution in [0.25, 0.3) is 0 Å². The smallest absolute Gasteiger partial charge is 0.317 e. The molecule has 0 aliphatic heterocycles. The standard InChI is InChI=1S/C14H26O4S2/c1-3-5-9-19-11(7-8-12(15)16)13(14(17)18)20-10-6-4-2/h11,13H,3-10H2,1-2H3,(H,15,16)(H,17,18). The number of carbonyl (C=O) groups is 2. The summed E-state index contributed by atoms with van der Waals surface area (Å²) in [6.07, 6.45) is 4.63. The predicted octanol–water partition coefficient (Wildman–Crippen LogP) is 3.74. The summed E-state index contributed by atoms with van der Waals surface area (Å²) in [6.45, 7) is 4.17. The fourth-order valence-electron chi connectivity index (χ4n) is 1.66. The third-order valence-electron chi connectivity index (χ3n) is 2.85. The van der Waals surface area contributed by atoms with Crippen molar-refractivity contribution in [3.05, 3.63) is 0 Å². The average molecular weight is 322 g/mol. The maximum atomic E-state index is 11.4. The van der Waals surface area contributed by atoms with Crippen LogP contribution in [-0.2, 0) is 9.59 Å². The maximum Gasteiger partial charge on any atom is 0.317 e. The summed E-state index contributed by atoms with van der Waals surface area (Å²) in [7, 11) is 0. The zero-order valence-electron chi connectivity index (χ0n) is 12.3. The molecule has 0 aromatic heterocycles. The first-order valence-electron chi connectivity index (χ1n) is 7.20. The van der Waals surface area contributed by atoms with Crippen molar-refractivity contribution >= 4 is 35.5 Å². The van der Waals surface area contributed by atoms with E-state index in [2.05, 4.69) is 13.8 Å². The van der Waals surface area contributed by atoms with Gasteiger partial charge in [-0.15, -0.1) is 11.8 Å². The van der Waals surface area contributed by atoms with E-state index < -0.39 is 17.2 Å². The molecule has 118 valence electrons. The summed E-state index contributed by atoms with van der Waals surface area (Å²) in [6, 6.07) is 0. The normalized spacial score (nSPS) is 13.9. The van der Waals surface area contributed by atoms with Gasteiger partial charge in [0.05, 0.1) is 0 Å². The molecule has 20 heavy (non-hydrogen) atoms. The molecule has 0 spiro atoms. The van der Waals surface area contributed by atoms with Crippen LogP contribution in [0.2, 0.25) is 0 Å². The molecule has 0 amide bonds. The lowest BCUT2D eigenvalue weighted by atomic mass is 10.2. The van der Waals surface area contributed by atoms with Crippen molar-refractivity contribution in [3.63, 3.8) is 0 Å². The Labute approximate surface area is 130 Å². The van der Waals surface area contributed by atoms with E-state index in [1.807, 2.05) is 0 Å². The second-order valence-electron chi connectivity index (χ2n) is 4.68. The van der Waals surface area contributed by atoms with E-state index in [-0.39, 0.29) is 11.7 Å². The van der Waals surface area contributed by atoms with Crippen LogP contribution in [-0.4, -0.2) is 44.2 Å². The van der Waals surface area contributed by atoms with Gasteiger partial charge in [-0.3, -0.25) is 9.59 Å². The van der Waals surface area contributed by atoms with Crippen molar-refractivity contribution in [3.8, 4) is 0 Å². The topological polar surface area (TPSA) is 74.6 Å². The van der Waals surface area contributed by atoms with Crippen LogP contribution < -0.4 is 0 Å². The number of carboxylic acid groups (broad SMARTS) is 2. The second-order valence-corrected chi connectivity index (χ2v) is 7.27. The summed E-state index contributed by atoms with van der Waals surface area (Å²) in [5, 5.41) is 17.6. The molecule has 0 aromatic carbocycles. The SMILES string of the molecule is CCCCSC(CCC(=O)O)C(SCCCC)C(=O)O. The Morgan fingerprint density at radius 1 is 1.00 bits per heavy atom. The number of aliphatic carboxylic acids is 2. The lowest BCUT2D eigenvalue weighted by Crippen LogP contribution is -2.30. The largest absolute Gasteiger partial charge is 0.481 e. The molecule has 0 aromatic rings. The van der Waals surface area contributed by atoms with Crippen LogP contribution >= 0.6 is 23.5 Å². The summed E-state index contributed by atoms with van der Waals surface area (Å²) in [4.78, 5) is 22.2. The van der Waals surface area contributed by atoms with Crippen molar-refractivity contribution in [2.24, 2.45) is 0 Å². The highest BCUT2D eigenvalue weighted by Crippen LogP contribution is 2.30. The molecule has 4 nitrogen and oxygen atoms in total. The minimum absolute atomic E-state index is 0.0436. The van der Waals surface area contributed by atoms with Gasteiger partial charge >= 0.3 is 11.9 Å². The van der Waals surface area contributed by atoms with Crippen molar-refractivity contribution < 1.29 is 19.8 Å². The van der Waals surface area contributed by atoms with E-state index in [0.717, 1.165) is 37.2 Å². The summed E-state index contributed by atoms with van der Waals surface area (Å²) in [5.41, 5.74) is 0. The van der Waals surface area contributed by atoms with E-state index in [0.29, 0.717) is 6.42 Å². The summed E-state index contributed by atoms with van der Waals surface area (Å²) < 4.78 is 0. The van der Waals surface area contributed by atoms with Crippen LogP contribution in [0.4, 0.5) is 0 Å². The molecule has 0 fully saturated rings. The van der Waals surface area contributed by atoms with E-state index in [1.54, 1.807) is 11.8 Å². The van der Waals surface area contributed by atoms with Gasteiger partial charge < -0.3 is 10.2 Å². The Morgan fingerprint density at radius 2 is 1.55 bits per heavy atom. The number of carboxylic acids is 2. The molecule has 0 radical (unpaired) electrons. The predicted molar refractivity (Wildman–Crippen MR) is 86.8 cm³/mol. The van der Waals surface area contributed by atoms with E-state index in [1.165, 1.54) is 11.8 Å². The van der Waals surface area contributed by atoms with Gasteiger partial charge in [-0.1, -0.05) is 26.7 Å². The van der Waals surface area contributed by atoms with E-state index in [4.69, 9.17) is 5.11 Å². The molecule has 0 bridgehead atoms. The van der Waals surface area contributed by atoms with Gasteiger partial charge in [0.15, 0.2) is 0 Å². The third-order valence-corrected chi connectivity index (χ3v) is 5.90. The molecular weight excluding hydrogens is 296 g/mol. The number of thioether (sulfide) groups is 2. The third kappa shape index (κ3) is 9.53. The first kappa shape index (κ1) is 19.6. The molecule has 0 heterocycles. The fraction of sp³-hybridized carbons (Fsp3) is 0.857. The quantitative estimate of drug-likeness (QED) is 0.503. The van der Waals surface area contributed by atoms with Crippen LogP contribution in [0.15, 0.2) is 0 Å². The highest BCUT2D eigenvalue weighted by molar-refractivity contribution is 8.04. The molecule has 0 aliphatic rings. The number of rotatable bonds is 13. The van der Waals surface area contributed by atoms with Crippen LogP contribution in [0, 0.1) is 0 Å². The average Bonchev–Trinajstić information content (AvgIpc) is 2.39. The van der Waals surface area contributed by atoms with Crippen molar-refractivity contribution in [1.82, 2.24) is 0 Å². The zero-order chi connectivity index (χ0) is 15.4. The van der Waals surface area contributed by atoms with Crippen molar-refractivity contribution in [2.45, 2.75) is 62.9 Å². The Balaban J connectivity index is 4.52. The van der Waals surface area contributed by atoms with Gasteiger partial charge in [0.1, 0.15) is 5.25 Å². The van der Waals surface area contributed by atoms with Gasteiger partial charge in [-0.05, 0) is 30.8 Å². The molecule has 2 atom stereocenters. The minimum Gasteiger partial charge on any atom is -0.481 e. The molecule has 0 rings (SSSR count). The van der Waals surface area contributed by atoms with Gasteiger partial charge in [0.2, 0.25) is 0 Å². The minimum atomic E-state index is -0.853. The molecule has 0 saturated carbocycles. The molecule has 6 heteroatoms. The van der Waals surface area contributed by atoms with Crippen LogP contribution in [0.3, 0.4) is 0 Å². The van der Waals surface area contributed by atoms with E-state index >= 15 is 0 Å². The van der Waals surface area contributed by atoms with Gasteiger partial charge in [-0.25, -0.2) is 0 Å². The first-order chi connectivity index (χ1) is 9.52. The number of hydrogen-bond donors (Lipinski definition) is 2. The lowest BCUT2D eigenvalue weighted by Gasteiger charge is -2.22. The number of hydrogen-bond acceptors (Lipinski definition) is 4. The monoisotopic (exact) mass is 322 g/mol. The summed E-state index contributed by atoms with van der Waals surface area (Å²) >= 11 is 3.08. The van der Waals surface area contributed by atoms with E-state index in [9.17, 15) is 14.7 Å². The van der Waals surface area contributed by atoms with Crippen LogP contribution in [0.5, 0.6) is 0 Å². The molecule has 2 unspecified atom stereocenters. The van der Waals surface area contributed by atoms with Gasteiger partial charge in [0, 0.05) is 11.7 Å². The van der Waals surface area contributed by atoms with Crippen LogP contribution in [0.1, 0.15) is 52.4 Å². The van der Waals surface area contributed by atoms with Gasteiger partial charge in [-0.2, -0.15) is 11.8 Å². The molecular formula is C14H26O4S2. The fourth-order valence-corrected chi connectivity index (χ4v) is 4.67. The Kier molecular flexibility index (Phi) is 12.2. The molecule has 0 aliphatic carbocycles. The van der Waals surface area contributed by atoms with Crippen molar-refractivity contribution in [1.29, 1.82) is 0 Å². The second kappa shape index (κ2) is 12.4.